The quantitative estimate of drug-likeness (QED) is 0.448. The number of nitrogens with zero attached hydrogens (tertiary/aromatic N) is 3. The minimum absolute atomic E-state index is 0.0108. The molecule has 2 aliphatic rings. The van der Waals surface area contributed by atoms with Crippen molar-refractivity contribution in [3.8, 4) is 0 Å². The number of hydrogen-bond donors (Lipinski definition) is 4. The molecule has 9 heteroatoms. The van der Waals surface area contributed by atoms with Crippen molar-refractivity contribution in [3.63, 3.8) is 0 Å². The first-order chi connectivity index (χ1) is 15.5. The van der Waals surface area contributed by atoms with Crippen LogP contribution in [-0.4, -0.2) is 32.8 Å². The van der Waals surface area contributed by atoms with Gasteiger partial charge in [-0.2, -0.15) is 5.10 Å². The number of benzene rings is 1. The Labute approximate surface area is 185 Å². The summed E-state index contributed by atoms with van der Waals surface area (Å²) >= 11 is 0. The van der Waals surface area contributed by atoms with E-state index < -0.39 is 11.7 Å². The lowest BCUT2D eigenvalue weighted by atomic mass is 9.91. The van der Waals surface area contributed by atoms with E-state index in [2.05, 4.69) is 20.7 Å². The number of carbonyl (C=O) groups is 1. The standard InChI is InChI=1S/C23H28FN7O/c24-16-10-14(21(26)32)22(29-23(16)28-20-5-2-1-4-17(20)25)27-18-6-3-7-19-15(18)12-31(30-19)11-13-8-9-13/h3,6-7,10,12-13,17,20H,1-2,4-5,8-9,11,25H2,(H2,26,32)(H2,27,28,29)/t17?,20-/m1/s1. The van der Waals surface area contributed by atoms with Crippen LogP contribution in [0.15, 0.2) is 30.5 Å². The summed E-state index contributed by atoms with van der Waals surface area (Å²) in [5, 5.41) is 11.9. The monoisotopic (exact) mass is 437 g/mol. The molecule has 0 aliphatic heterocycles. The molecule has 6 N–H and O–H groups in total. The molecule has 0 saturated heterocycles. The number of nitrogens with two attached hydrogens (primary N) is 2. The fourth-order valence-electron chi connectivity index (χ4n) is 4.37. The predicted octanol–water partition coefficient (Wildman–Crippen LogP) is 3.50. The number of aromatic nitrogens is 3. The van der Waals surface area contributed by atoms with Gasteiger partial charge in [-0.05, 0) is 49.8 Å². The molecule has 2 heterocycles. The number of anilines is 3. The highest BCUT2D eigenvalue weighted by Crippen LogP contribution is 2.33. The average Bonchev–Trinajstić information content (AvgIpc) is 3.47. The number of nitrogens with one attached hydrogen (secondary N) is 2. The molecule has 1 aromatic carbocycles. The lowest BCUT2D eigenvalue weighted by molar-refractivity contribution is 0.100. The van der Waals surface area contributed by atoms with Crippen molar-refractivity contribution >= 4 is 34.1 Å². The molecule has 1 amide bonds. The number of amides is 1. The maximum absolute atomic E-state index is 14.8. The van der Waals surface area contributed by atoms with Crippen LogP contribution in [0.5, 0.6) is 0 Å². The van der Waals surface area contributed by atoms with Crippen LogP contribution in [0.4, 0.5) is 21.7 Å². The van der Waals surface area contributed by atoms with Crippen molar-refractivity contribution in [2.75, 3.05) is 10.6 Å². The molecule has 2 aliphatic carbocycles. The fraction of sp³-hybridized carbons (Fsp3) is 0.435. The SMILES string of the molecule is NC(=O)c1cc(F)c(N[C@@H]2CCCCC2N)nc1Nc1cccc2nn(CC3CC3)cc12. The van der Waals surface area contributed by atoms with Gasteiger partial charge in [-0.15, -0.1) is 0 Å². The zero-order chi connectivity index (χ0) is 22.2. The molecule has 1 unspecified atom stereocenters. The summed E-state index contributed by atoms with van der Waals surface area (Å²) in [7, 11) is 0. The Kier molecular flexibility index (Phi) is 5.42. The summed E-state index contributed by atoms with van der Waals surface area (Å²) in [4.78, 5) is 16.4. The Hall–Kier alpha value is -3.20. The summed E-state index contributed by atoms with van der Waals surface area (Å²) in [6.45, 7) is 0.894. The van der Waals surface area contributed by atoms with Gasteiger partial charge in [-0.25, -0.2) is 9.37 Å². The van der Waals surface area contributed by atoms with Gasteiger partial charge in [0.1, 0.15) is 5.82 Å². The van der Waals surface area contributed by atoms with E-state index in [-0.39, 0.29) is 29.3 Å². The van der Waals surface area contributed by atoms with Crippen LogP contribution in [0.3, 0.4) is 0 Å². The van der Waals surface area contributed by atoms with Gasteiger partial charge in [-0.1, -0.05) is 18.9 Å². The largest absolute Gasteiger partial charge is 0.365 e. The number of hydrogen-bond acceptors (Lipinski definition) is 6. The van der Waals surface area contributed by atoms with Gasteiger partial charge >= 0.3 is 0 Å². The molecule has 0 radical (unpaired) electrons. The molecule has 0 bridgehead atoms. The van der Waals surface area contributed by atoms with Crippen molar-refractivity contribution in [1.29, 1.82) is 0 Å². The summed E-state index contributed by atoms with van der Waals surface area (Å²) in [5.74, 6) is -0.417. The van der Waals surface area contributed by atoms with E-state index in [1.54, 1.807) is 0 Å². The topological polar surface area (TPSA) is 124 Å². The summed E-state index contributed by atoms with van der Waals surface area (Å²) < 4.78 is 16.7. The molecule has 2 saturated carbocycles. The molecule has 2 fully saturated rings. The fourth-order valence-corrected chi connectivity index (χ4v) is 4.37. The zero-order valence-electron chi connectivity index (χ0n) is 17.9. The van der Waals surface area contributed by atoms with E-state index in [0.717, 1.165) is 54.9 Å². The van der Waals surface area contributed by atoms with E-state index in [4.69, 9.17) is 11.5 Å². The highest BCUT2D eigenvalue weighted by atomic mass is 19.1. The van der Waals surface area contributed by atoms with E-state index in [1.807, 2.05) is 29.1 Å². The molecule has 168 valence electrons. The molecule has 0 spiro atoms. The maximum atomic E-state index is 14.8. The van der Waals surface area contributed by atoms with Crippen LogP contribution >= 0.6 is 0 Å². The van der Waals surface area contributed by atoms with Crippen molar-refractivity contribution in [3.05, 3.63) is 41.8 Å². The Balaban J connectivity index is 1.47. The predicted molar refractivity (Wildman–Crippen MR) is 122 cm³/mol. The molecule has 32 heavy (non-hydrogen) atoms. The highest BCUT2D eigenvalue weighted by Gasteiger charge is 2.25. The number of fused-ring (bicyclic) bond motifs is 1. The molecular weight excluding hydrogens is 409 g/mol. The summed E-state index contributed by atoms with van der Waals surface area (Å²) in [6.07, 6.45) is 8.31. The van der Waals surface area contributed by atoms with E-state index >= 15 is 0 Å². The summed E-state index contributed by atoms with van der Waals surface area (Å²) in [5.41, 5.74) is 13.3. The second-order valence-electron chi connectivity index (χ2n) is 8.94. The first kappa shape index (κ1) is 20.7. The normalized spacial score (nSPS) is 20.9. The van der Waals surface area contributed by atoms with Crippen LogP contribution in [0, 0.1) is 11.7 Å². The third kappa shape index (κ3) is 4.25. The first-order valence-electron chi connectivity index (χ1n) is 11.2. The van der Waals surface area contributed by atoms with Crippen molar-refractivity contribution in [1.82, 2.24) is 14.8 Å². The molecule has 8 nitrogen and oxygen atoms in total. The number of pyridine rings is 1. The minimum atomic E-state index is -0.753. The van der Waals surface area contributed by atoms with E-state index in [0.29, 0.717) is 5.92 Å². The van der Waals surface area contributed by atoms with Gasteiger partial charge in [-0.3, -0.25) is 9.48 Å². The van der Waals surface area contributed by atoms with Gasteiger partial charge in [0.15, 0.2) is 11.6 Å². The number of primary amides is 1. The van der Waals surface area contributed by atoms with Crippen LogP contribution in [0.2, 0.25) is 0 Å². The van der Waals surface area contributed by atoms with Gasteiger partial charge in [0, 0.05) is 30.2 Å². The van der Waals surface area contributed by atoms with Crippen LogP contribution in [0.25, 0.3) is 10.9 Å². The molecule has 2 aromatic heterocycles. The second-order valence-corrected chi connectivity index (χ2v) is 8.94. The maximum Gasteiger partial charge on any atom is 0.252 e. The van der Waals surface area contributed by atoms with Gasteiger partial charge in [0.25, 0.3) is 5.91 Å². The Morgan fingerprint density at radius 3 is 2.75 bits per heavy atom. The van der Waals surface area contributed by atoms with E-state index in [1.165, 1.54) is 12.8 Å². The second kappa shape index (κ2) is 8.38. The lowest BCUT2D eigenvalue weighted by Crippen LogP contribution is -2.43. The Morgan fingerprint density at radius 1 is 1.19 bits per heavy atom. The van der Waals surface area contributed by atoms with Crippen LogP contribution < -0.4 is 22.1 Å². The molecule has 2 atom stereocenters. The lowest BCUT2D eigenvalue weighted by Gasteiger charge is -2.30. The smallest absolute Gasteiger partial charge is 0.252 e. The average molecular weight is 438 g/mol. The van der Waals surface area contributed by atoms with Crippen molar-refractivity contribution < 1.29 is 9.18 Å². The van der Waals surface area contributed by atoms with Gasteiger partial charge in [0.05, 0.1) is 16.8 Å². The molecular formula is C23H28FN7O. The third-order valence-electron chi connectivity index (χ3n) is 6.38. The highest BCUT2D eigenvalue weighted by molar-refractivity contribution is 6.00. The molecule has 3 aromatic rings. The van der Waals surface area contributed by atoms with Crippen LogP contribution in [0.1, 0.15) is 48.9 Å². The Bertz CT molecular complexity index is 1160. The first-order valence-corrected chi connectivity index (χ1v) is 11.2. The number of rotatable bonds is 7. The zero-order valence-corrected chi connectivity index (χ0v) is 17.9. The van der Waals surface area contributed by atoms with E-state index in [9.17, 15) is 9.18 Å². The van der Waals surface area contributed by atoms with Gasteiger partial charge in [0.2, 0.25) is 0 Å². The Morgan fingerprint density at radius 2 is 2.00 bits per heavy atom. The van der Waals surface area contributed by atoms with Gasteiger partial charge < -0.3 is 22.1 Å². The number of halogens is 1. The third-order valence-corrected chi connectivity index (χ3v) is 6.38. The summed E-state index contributed by atoms with van der Waals surface area (Å²) in [6, 6.07) is 6.70. The van der Waals surface area contributed by atoms with Crippen LogP contribution in [-0.2, 0) is 6.54 Å². The van der Waals surface area contributed by atoms with Crippen molar-refractivity contribution in [2.45, 2.75) is 57.2 Å². The van der Waals surface area contributed by atoms with Crippen molar-refractivity contribution in [2.24, 2.45) is 17.4 Å². The molecule has 5 rings (SSSR count). The number of carbonyl (C=O) groups excluding carboxylic acids is 1. The minimum Gasteiger partial charge on any atom is -0.365 e.